The highest BCUT2D eigenvalue weighted by Crippen LogP contribution is 2.33. The van der Waals surface area contributed by atoms with Gasteiger partial charge in [0, 0.05) is 17.0 Å². The number of anilines is 1. The number of hydrogen-bond donors (Lipinski definition) is 3. The van der Waals surface area contributed by atoms with Crippen molar-refractivity contribution in [2.75, 3.05) is 5.32 Å². The van der Waals surface area contributed by atoms with Crippen molar-refractivity contribution < 1.29 is 15.0 Å². The van der Waals surface area contributed by atoms with Crippen LogP contribution in [-0.2, 0) is 13.2 Å². The van der Waals surface area contributed by atoms with Crippen molar-refractivity contribution in [2.24, 2.45) is 0 Å². The Kier molecular flexibility index (Phi) is 5.09. The fourth-order valence-corrected chi connectivity index (χ4v) is 4.08. The monoisotopic (exact) mass is 412 g/mol. The van der Waals surface area contributed by atoms with Gasteiger partial charge in [-0.05, 0) is 35.4 Å². The van der Waals surface area contributed by atoms with E-state index in [0.29, 0.717) is 26.8 Å². The summed E-state index contributed by atoms with van der Waals surface area (Å²) in [5, 5.41) is 24.2. The largest absolute Gasteiger partial charge is 0.494 e. The predicted octanol–water partition coefficient (Wildman–Crippen LogP) is 4.85. The van der Waals surface area contributed by atoms with Gasteiger partial charge in [0.1, 0.15) is 0 Å². The molecule has 7 heteroatoms. The molecule has 2 aromatic heterocycles. The molecule has 1 amide bonds. The van der Waals surface area contributed by atoms with Gasteiger partial charge in [-0.15, -0.1) is 11.3 Å². The molecule has 2 aromatic carbocycles. The number of aliphatic hydroxyl groups excluding tert-OH is 1. The lowest BCUT2D eigenvalue weighted by Crippen LogP contribution is -2.10. The highest BCUT2D eigenvalue weighted by atomic mass is 35.5. The zero-order chi connectivity index (χ0) is 19.7. The number of thiophene rings is 1. The van der Waals surface area contributed by atoms with Crippen molar-refractivity contribution in [1.29, 1.82) is 0 Å². The van der Waals surface area contributed by atoms with E-state index in [4.69, 9.17) is 11.6 Å². The molecule has 0 bridgehead atoms. The lowest BCUT2D eigenvalue weighted by atomic mass is 10.1. The summed E-state index contributed by atoms with van der Waals surface area (Å²) in [7, 11) is 0. The number of hydrogen-bond acceptors (Lipinski definition) is 4. The van der Waals surface area contributed by atoms with Gasteiger partial charge < -0.3 is 20.1 Å². The van der Waals surface area contributed by atoms with Gasteiger partial charge >= 0.3 is 0 Å². The minimum absolute atomic E-state index is 0.0314. The number of halogens is 1. The van der Waals surface area contributed by atoms with Gasteiger partial charge in [-0.25, -0.2) is 0 Å². The molecule has 0 aliphatic heterocycles. The molecule has 0 aliphatic rings. The van der Waals surface area contributed by atoms with E-state index in [1.54, 1.807) is 28.8 Å². The second-order valence-electron chi connectivity index (χ2n) is 6.38. The van der Waals surface area contributed by atoms with Crippen molar-refractivity contribution in [3.8, 4) is 5.88 Å². The second-order valence-corrected chi connectivity index (χ2v) is 8.10. The Morgan fingerprint density at radius 1 is 1.07 bits per heavy atom. The summed E-state index contributed by atoms with van der Waals surface area (Å²) in [5.41, 5.74) is 2.39. The van der Waals surface area contributed by atoms with E-state index in [1.807, 2.05) is 36.5 Å². The van der Waals surface area contributed by atoms with E-state index in [-0.39, 0.29) is 18.4 Å². The van der Waals surface area contributed by atoms with E-state index in [1.165, 1.54) is 11.3 Å². The molecule has 142 valence electrons. The number of fused-ring (bicyclic) bond motifs is 1. The first-order chi connectivity index (χ1) is 13.5. The maximum absolute atomic E-state index is 12.5. The third kappa shape index (κ3) is 3.62. The third-order valence-corrected chi connectivity index (χ3v) is 5.71. The number of aliphatic hydroxyl groups is 1. The van der Waals surface area contributed by atoms with Crippen LogP contribution < -0.4 is 5.32 Å². The molecule has 4 rings (SSSR count). The van der Waals surface area contributed by atoms with Crippen molar-refractivity contribution in [3.05, 3.63) is 81.1 Å². The first-order valence-electron chi connectivity index (χ1n) is 8.61. The lowest BCUT2D eigenvalue weighted by Gasteiger charge is -2.06. The Morgan fingerprint density at radius 2 is 1.86 bits per heavy atom. The Balaban J connectivity index is 1.66. The van der Waals surface area contributed by atoms with Gasteiger partial charge in [-0.2, -0.15) is 0 Å². The summed E-state index contributed by atoms with van der Waals surface area (Å²) in [6.07, 6.45) is 1.81. The maximum atomic E-state index is 12.5. The van der Waals surface area contributed by atoms with Gasteiger partial charge in [0.15, 0.2) is 5.88 Å². The van der Waals surface area contributed by atoms with E-state index in [9.17, 15) is 15.0 Å². The van der Waals surface area contributed by atoms with Gasteiger partial charge in [0.25, 0.3) is 5.91 Å². The minimum atomic E-state index is -0.243. The Morgan fingerprint density at radius 3 is 2.61 bits per heavy atom. The molecule has 0 unspecified atom stereocenters. The number of nitrogens with zero attached hydrogens (tertiary/aromatic N) is 1. The van der Waals surface area contributed by atoms with Crippen LogP contribution in [0.1, 0.15) is 20.8 Å². The SMILES string of the molecule is O=C(Nc1cccc2c(O)n(Cc3cccc(CO)c3)cc12)c1ccc(Cl)s1. The number of nitrogens with one attached hydrogen (secondary N) is 1. The number of carbonyl (C=O) groups is 1. The summed E-state index contributed by atoms with van der Waals surface area (Å²) in [6, 6.07) is 16.3. The third-order valence-electron chi connectivity index (χ3n) is 4.48. The molecule has 4 aromatic rings. The predicted molar refractivity (Wildman–Crippen MR) is 112 cm³/mol. The molecule has 0 spiro atoms. The number of amides is 1. The molecule has 5 nitrogen and oxygen atoms in total. The summed E-state index contributed by atoms with van der Waals surface area (Å²) in [5.74, 6) is -0.119. The molecular formula is C21H17ClN2O3S. The molecule has 28 heavy (non-hydrogen) atoms. The lowest BCUT2D eigenvalue weighted by molar-refractivity contribution is 0.103. The normalized spacial score (nSPS) is 11.1. The first-order valence-corrected chi connectivity index (χ1v) is 9.81. The van der Waals surface area contributed by atoms with Crippen molar-refractivity contribution in [2.45, 2.75) is 13.2 Å². The molecule has 3 N–H and O–H groups in total. The van der Waals surface area contributed by atoms with Crippen LogP contribution in [0.3, 0.4) is 0 Å². The van der Waals surface area contributed by atoms with Gasteiger partial charge in [-0.3, -0.25) is 4.79 Å². The fourth-order valence-electron chi connectivity index (χ4n) is 3.14. The topological polar surface area (TPSA) is 74.5 Å². The van der Waals surface area contributed by atoms with Crippen LogP contribution in [0, 0.1) is 0 Å². The van der Waals surface area contributed by atoms with E-state index in [0.717, 1.165) is 16.5 Å². The van der Waals surface area contributed by atoms with E-state index < -0.39 is 0 Å². The van der Waals surface area contributed by atoms with Gasteiger partial charge in [-0.1, -0.05) is 41.9 Å². The summed E-state index contributed by atoms with van der Waals surface area (Å²) in [4.78, 5) is 13.0. The van der Waals surface area contributed by atoms with Crippen LogP contribution in [0.25, 0.3) is 10.8 Å². The smallest absolute Gasteiger partial charge is 0.265 e. The fraction of sp³-hybridized carbons (Fsp3) is 0.0952. The molecule has 0 fully saturated rings. The average molecular weight is 413 g/mol. The Hall–Kier alpha value is -2.80. The van der Waals surface area contributed by atoms with Crippen molar-refractivity contribution in [1.82, 2.24) is 4.57 Å². The maximum Gasteiger partial charge on any atom is 0.265 e. The highest BCUT2D eigenvalue weighted by Gasteiger charge is 2.15. The zero-order valence-corrected chi connectivity index (χ0v) is 16.3. The number of carbonyl (C=O) groups excluding carboxylic acids is 1. The van der Waals surface area contributed by atoms with Gasteiger partial charge in [0.2, 0.25) is 0 Å². The average Bonchev–Trinajstić information content (AvgIpc) is 3.27. The number of aromatic nitrogens is 1. The molecular weight excluding hydrogens is 396 g/mol. The molecule has 0 aliphatic carbocycles. The molecule has 2 heterocycles. The van der Waals surface area contributed by atoms with Crippen molar-refractivity contribution in [3.63, 3.8) is 0 Å². The number of benzene rings is 2. The van der Waals surface area contributed by atoms with E-state index in [2.05, 4.69) is 5.32 Å². The van der Waals surface area contributed by atoms with Crippen LogP contribution in [0.5, 0.6) is 5.88 Å². The summed E-state index contributed by atoms with van der Waals surface area (Å²) >= 11 is 7.12. The second kappa shape index (κ2) is 7.67. The summed E-state index contributed by atoms with van der Waals surface area (Å²) < 4.78 is 2.27. The molecule has 0 saturated heterocycles. The van der Waals surface area contributed by atoms with Crippen LogP contribution in [0.15, 0.2) is 60.8 Å². The Bertz CT molecular complexity index is 1170. The van der Waals surface area contributed by atoms with Gasteiger partial charge in [0.05, 0.1) is 28.1 Å². The quantitative estimate of drug-likeness (QED) is 0.438. The number of rotatable bonds is 5. The van der Waals surface area contributed by atoms with Crippen LogP contribution >= 0.6 is 22.9 Å². The highest BCUT2D eigenvalue weighted by molar-refractivity contribution is 7.18. The molecule has 0 radical (unpaired) electrons. The van der Waals surface area contributed by atoms with Crippen LogP contribution in [0.2, 0.25) is 4.34 Å². The van der Waals surface area contributed by atoms with Crippen LogP contribution in [-0.4, -0.2) is 20.7 Å². The van der Waals surface area contributed by atoms with Crippen molar-refractivity contribution >= 4 is 45.3 Å². The van der Waals surface area contributed by atoms with Crippen LogP contribution in [0.4, 0.5) is 5.69 Å². The Labute approximate surface area is 170 Å². The summed E-state index contributed by atoms with van der Waals surface area (Å²) in [6.45, 7) is 0.415. The van der Waals surface area contributed by atoms with E-state index >= 15 is 0 Å². The molecule has 0 atom stereocenters. The number of aromatic hydroxyl groups is 1. The standard InChI is InChI=1S/C21H17ClN2O3S/c22-19-8-7-18(28-19)20(26)23-17-6-2-5-15-16(17)11-24(21(15)27)10-13-3-1-4-14(9-13)12-25/h1-9,11,25,27H,10,12H2,(H,23,26). The molecule has 0 saturated carbocycles. The zero-order valence-electron chi connectivity index (χ0n) is 14.7. The minimum Gasteiger partial charge on any atom is -0.494 e. The first kappa shape index (κ1) is 18.6.